The van der Waals surface area contributed by atoms with Crippen molar-refractivity contribution in [2.45, 2.75) is 64.8 Å². The molecule has 1 aliphatic heterocycles. The first-order valence-corrected chi connectivity index (χ1v) is 7.12. The van der Waals surface area contributed by atoms with Gasteiger partial charge in [0.15, 0.2) is 0 Å². The zero-order valence-electron chi connectivity index (χ0n) is 11.5. The van der Waals surface area contributed by atoms with Gasteiger partial charge < -0.3 is 5.32 Å². The van der Waals surface area contributed by atoms with Crippen molar-refractivity contribution in [2.75, 3.05) is 26.2 Å². The molecule has 0 unspecified atom stereocenters. The molecular weight excluding hydrogens is 196 g/mol. The van der Waals surface area contributed by atoms with Crippen LogP contribution in [0.2, 0.25) is 0 Å². The molecule has 0 aromatic heterocycles. The summed E-state index contributed by atoms with van der Waals surface area (Å²) in [4.78, 5) is 2.67. The Morgan fingerprint density at radius 1 is 1.12 bits per heavy atom. The number of nitrogens with zero attached hydrogens (tertiary/aromatic N) is 1. The molecule has 1 heterocycles. The highest BCUT2D eigenvalue weighted by molar-refractivity contribution is 4.87. The number of likely N-dealkylation sites (tertiary alicyclic amines) is 1. The van der Waals surface area contributed by atoms with Gasteiger partial charge >= 0.3 is 0 Å². The second-order valence-corrected chi connectivity index (χ2v) is 5.71. The second-order valence-electron chi connectivity index (χ2n) is 5.71. The number of unbranched alkanes of at least 4 members (excludes halogenated alkanes) is 2. The Labute approximate surface area is 102 Å². The molecule has 0 radical (unpaired) electrons. The highest BCUT2D eigenvalue weighted by Crippen LogP contribution is 2.28. The van der Waals surface area contributed by atoms with Crippen molar-refractivity contribution in [3.63, 3.8) is 0 Å². The average Bonchev–Trinajstić information content (AvgIpc) is 2.57. The van der Waals surface area contributed by atoms with Crippen molar-refractivity contribution >= 4 is 0 Å². The fourth-order valence-corrected chi connectivity index (χ4v) is 2.61. The van der Waals surface area contributed by atoms with Gasteiger partial charge in [-0.2, -0.15) is 0 Å². The molecule has 1 saturated heterocycles. The topological polar surface area (TPSA) is 15.3 Å². The fraction of sp³-hybridized carbons (Fsp3) is 1.00. The Morgan fingerprint density at radius 3 is 2.56 bits per heavy atom. The lowest BCUT2D eigenvalue weighted by Gasteiger charge is -2.31. The molecule has 1 N–H and O–H groups in total. The van der Waals surface area contributed by atoms with Crippen LogP contribution in [0.25, 0.3) is 0 Å². The van der Waals surface area contributed by atoms with Crippen LogP contribution < -0.4 is 5.32 Å². The molecule has 0 bridgehead atoms. The van der Waals surface area contributed by atoms with Gasteiger partial charge in [0.1, 0.15) is 0 Å². The van der Waals surface area contributed by atoms with Crippen LogP contribution in [0.3, 0.4) is 0 Å². The molecule has 0 aromatic rings. The van der Waals surface area contributed by atoms with E-state index < -0.39 is 0 Å². The smallest absolute Gasteiger partial charge is 0.0153 e. The van der Waals surface area contributed by atoms with Gasteiger partial charge in [0.2, 0.25) is 0 Å². The summed E-state index contributed by atoms with van der Waals surface area (Å²) < 4.78 is 0. The predicted molar refractivity (Wildman–Crippen MR) is 71.9 cm³/mol. The molecule has 0 aliphatic carbocycles. The Balaban J connectivity index is 1.95. The van der Waals surface area contributed by atoms with Crippen LogP contribution >= 0.6 is 0 Å². The molecular formula is C14H30N2. The van der Waals surface area contributed by atoms with Crippen LogP contribution in [-0.4, -0.2) is 36.6 Å². The van der Waals surface area contributed by atoms with Crippen LogP contribution in [0.1, 0.15) is 59.3 Å². The third-order valence-corrected chi connectivity index (χ3v) is 3.78. The third-order valence-electron chi connectivity index (χ3n) is 3.78. The van der Waals surface area contributed by atoms with E-state index in [9.17, 15) is 0 Å². The maximum absolute atomic E-state index is 3.47. The van der Waals surface area contributed by atoms with Gasteiger partial charge in [0.05, 0.1) is 0 Å². The summed E-state index contributed by atoms with van der Waals surface area (Å²) in [5, 5.41) is 3.47. The van der Waals surface area contributed by atoms with E-state index in [2.05, 4.69) is 31.0 Å². The molecule has 0 spiro atoms. The summed E-state index contributed by atoms with van der Waals surface area (Å²) in [6.07, 6.45) is 8.12. The molecule has 1 rings (SSSR count). The van der Waals surface area contributed by atoms with E-state index in [1.165, 1.54) is 64.7 Å². The fourth-order valence-electron chi connectivity index (χ4n) is 2.61. The minimum Gasteiger partial charge on any atom is -0.317 e. The Hall–Kier alpha value is -0.0800. The Kier molecular flexibility index (Phi) is 6.37. The van der Waals surface area contributed by atoms with Gasteiger partial charge in [-0.3, -0.25) is 4.90 Å². The first-order valence-electron chi connectivity index (χ1n) is 7.12. The standard InChI is InChI=1S/C14H30N2/c1-4-10-15-11-6-5-7-12-16-13-8-9-14(16,2)3/h15H,4-13H2,1-3H3. The number of hydrogen-bond donors (Lipinski definition) is 1. The summed E-state index contributed by atoms with van der Waals surface area (Å²) in [5.74, 6) is 0. The lowest BCUT2D eigenvalue weighted by molar-refractivity contribution is 0.171. The molecule has 0 aromatic carbocycles. The van der Waals surface area contributed by atoms with E-state index in [4.69, 9.17) is 0 Å². The first-order chi connectivity index (χ1) is 7.67. The van der Waals surface area contributed by atoms with Crippen molar-refractivity contribution in [1.82, 2.24) is 10.2 Å². The molecule has 1 fully saturated rings. The molecule has 1 aliphatic rings. The Bertz CT molecular complexity index is 178. The molecule has 2 heteroatoms. The molecule has 16 heavy (non-hydrogen) atoms. The average molecular weight is 226 g/mol. The lowest BCUT2D eigenvalue weighted by Crippen LogP contribution is -2.38. The van der Waals surface area contributed by atoms with E-state index in [0.29, 0.717) is 5.54 Å². The molecule has 96 valence electrons. The number of rotatable bonds is 8. The maximum Gasteiger partial charge on any atom is 0.0153 e. The van der Waals surface area contributed by atoms with Crippen molar-refractivity contribution in [3.8, 4) is 0 Å². The molecule has 0 amide bonds. The minimum absolute atomic E-state index is 0.473. The predicted octanol–water partition coefficient (Wildman–Crippen LogP) is 3.03. The van der Waals surface area contributed by atoms with E-state index in [1.807, 2.05) is 0 Å². The van der Waals surface area contributed by atoms with Crippen LogP contribution in [0.4, 0.5) is 0 Å². The summed E-state index contributed by atoms with van der Waals surface area (Å²) in [5.41, 5.74) is 0.473. The summed E-state index contributed by atoms with van der Waals surface area (Å²) >= 11 is 0. The third kappa shape index (κ3) is 4.84. The quantitative estimate of drug-likeness (QED) is 0.640. The van der Waals surface area contributed by atoms with Crippen molar-refractivity contribution in [3.05, 3.63) is 0 Å². The van der Waals surface area contributed by atoms with Gasteiger partial charge in [0.25, 0.3) is 0 Å². The summed E-state index contributed by atoms with van der Waals surface area (Å²) in [7, 11) is 0. The van der Waals surface area contributed by atoms with Crippen LogP contribution in [0.5, 0.6) is 0 Å². The largest absolute Gasteiger partial charge is 0.317 e. The van der Waals surface area contributed by atoms with Gasteiger partial charge in [-0.25, -0.2) is 0 Å². The van der Waals surface area contributed by atoms with Gasteiger partial charge in [-0.15, -0.1) is 0 Å². The minimum atomic E-state index is 0.473. The monoisotopic (exact) mass is 226 g/mol. The normalized spacial score (nSPS) is 20.4. The summed E-state index contributed by atoms with van der Waals surface area (Å²) in [6.45, 7) is 12.0. The molecule has 0 atom stereocenters. The summed E-state index contributed by atoms with van der Waals surface area (Å²) in [6, 6.07) is 0. The second kappa shape index (κ2) is 7.29. The number of hydrogen-bond acceptors (Lipinski definition) is 2. The van der Waals surface area contributed by atoms with Gasteiger partial charge in [0, 0.05) is 5.54 Å². The SMILES string of the molecule is CCCNCCCCCN1CCCC1(C)C. The van der Waals surface area contributed by atoms with Gasteiger partial charge in [-0.1, -0.05) is 13.3 Å². The zero-order valence-corrected chi connectivity index (χ0v) is 11.5. The Morgan fingerprint density at radius 2 is 1.94 bits per heavy atom. The number of nitrogens with one attached hydrogen (secondary N) is 1. The highest BCUT2D eigenvalue weighted by atomic mass is 15.2. The lowest BCUT2D eigenvalue weighted by atomic mass is 10.0. The first kappa shape index (κ1) is 14.0. The maximum atomic E-state index is 3.47. The van der Waals surface area contributed by atoms with Crippen molar-refractivity contribution in [2.24, 2.45) is 0 Å². The van der Waals surface area contributed by atoms with Crippen LogP contribution in [0, 0.1) is 0 Å². The van der Waals surface area contributed by atoms with E-state index in [0.717, 1.165) is 0 Å². The molecule has 0 saturated carbocycles. The van der Waals surface area contributed by atoms with E-state index in [1.54, 1.807) is 0 Å². The van der Waals surface area contributed by atoms with Crippen LogP contribution in [0.15, 0.2) is 0 Å². The van der Waals surface area contributed by atoms with Crippen molar-refractivity contribution in [1.29, 1.82) is 0 Å². The van der Waals surface area contributed by atoms with Gasteiger partial charge in [-0.05, 0) is 72.1 Å². The molecule has 2 nitrogen and oxygen atoms in total. The van der Waals surface area contributed by atoms with Crippen LogP contribution in [-0.2, 0) is 0 Å². The highest BCUT2D eigenvalue weighted by Gasteiger charge is 2.30. The van der Waals surface area contributed by atoms with E-state index in [-0.39, 0.29) is 0 Å². The zero-order chi connectivity index (χ0) is 11.9. The van der Waals surface area contributed by atoms with E-state index >= 15 is 0 Å². The van der Waals surface area contributed by atoms with Crippen molar-refractivity contribution < 1.29 is 0 Å².